The van der Waals surface area contributed by atoms with Gasteiger partial charge in [-0.3, -0.25) is 9.88 Å². The van der Waals surface area contributed by atoms with E-state index in [9.17, 15) is 14.7 Å². The van der Waals surface area contributed by atoms with Gasteiger partial charge in [0.15, 0.2) is 0 Å². The van der Waals surface area contributed by atoms with Crippen molar-refractivity contribution in [3.63, 3.8) is 0 Å². The normalized spacial score (nSPS) is 14.8. The summed E-state index contributed by atoms with van der Waals surface area (Å²) in [7, 11) is 2.02. The second-order valence-corrected chi connectivity index (χ2v) is 10.0. The van der Waals surface area contributed by atoms with Gasteiger partial charge in [0.25, 0.3) is 0 Å². The summed E-state index contributed by atoms with van der Waals surface area (Å²) in [5.74, 6) is -1.04. The minimum Gasteiger partial charge on any atom is -0.478 e. The number of nitrogens with zero attached hydrogens (tertiary/aromatic N) is 3. The number of aryl methyl sites for hydroxylation is 1. The molecule has 1 amide bonds. The predicted molar refractivity (Wildman–Crippen MR) is 140 cm³/mol. The summed E-state index contributed by atoms with van der Waals surface area (Å²) in [5, 5.41) is 12.7. The fourth-order valence-electron chi connectivity index (χ4n) is 4.30. The Morgan fingerprint density at radius 1 is 1.14 bits per heavy atom. The van der Waals surface area contributed by atoms with Crippen LogP contribution in [0.2, 0.25) is 0 Å². The molecule has 0 saturated carbocycles. The van der Waals surface area contributed by atoms with Crippen molar-refractivity contribution in [1.29, 1.82) is 0 Å². The van der Waals surface area contributed by atoms with E-state index in [1.165, 1.54) is 24.0 Å². The number of amides is 1. The number of benzene rings is 2. The van der Waals surface area contributed by atoms with Crippen molar-refractivity contribution in [1.82, 2.24) is 9.88 Å². The van der Waals surface area contributed by atoms with Crippen LogP contribution in [0.25, 0.3) is 0 Å². The van der Waals surface area contributed by atoms with E-state index in [0.717, 1.165) is 22.5 Å². The number of anilines is 3. The first kappa shape index (κ1) is 25.0. The number of nitrogens with one attached hydrogen (secondary N) is 1. The zero-order chi connectivity index (χ0) is 26.0. The molecule has 0 aliphatic carbocycles. The third-order valence-corrected chi connectivity index (χ3v) is 6.18. The minimum absolute atomic E-state index is 0.127. The van der Waals surface area contributed by atoms with E-state index in [0.29, 0.717) is 18.8 Å². The van der Waals surface area contributed by atoms with Crippen molar-refractivity contribution >= 4 is 29.1 Å². The Morgan fingerprint density at radius 3 is 2.50 bits per heavy atom. The second-order valence-electron chi connectivity index (χ2n) is 10.0. The van der Waals surface area contributed by atoms with E-state index in [1.54, 1.807) is 4.90 Å². The molecule has 0 spiro atoms. The molecule has 36 heavy (non-hydrogen) atoms. The van der Waals surface area contributed by atoms with Gasteiger partial charge in [0.05, 0.1) is 30.0 Å². The van der Waals surface area contributed by atoms with E-state index in [4.69, 9.17) is 4.74 Å². The van der Waals surface area contributed by atoms with Gasteiger partial charge in [-0.15, -0.1) is 0 Å². The summed E-state index contributed by atoms with van der Waals surface area (Å²) in [6.07, 6.45) is 2.51. The Balaban J connectivity index is 1.63. The van der Waals surface area contributed by atoms with Crippen molar-refractivity contribution < 1.29 is 19.4 Å². The highest BCUT2D eigenvalue weighted by molar-refractivity contribution is 5.93. The van der Waals surface area contributed by atoms with E-state index in [1.807, 2.05) is 40.0 Å². The summed E-state index contributed by atoms with van der Waals surface area (Å²) in [5.41, 5.74) is 5.18. The molecule has 188 valence electrons. The van der Waals surface area contributed by atoms with Gasteiger partial charge in [-0.1, -0.05) is 23.8 Å². The number of carbonyl (C=O) groups is 2. The van der Waals surface area contributed by atoms with E-state index >= 15 is 0 Å². The van der Waals surface area contributed by atoms with Crippen LogP contribution in [0.4, 0.5) is 21.9 Å². The van der Waals surface area contributed by atoms with Crippen molar-refractivity contribution in [3.05, 3.63) is 83.2 Å². The maximum Gasteiger partial charge on any atom is 0.411 e. The SMILES string of the molecule is Cc1ccc(N(C)c2ccc3c(c2)CN(C(=O)OC(C)(C)C)C3CNc2cnccc2C(=O)O)cc1. The Labute approximate surface area is 211 Å². The number of aromatic carboxylic acids is 1. The first-order chi connectivity index (χ1) is 17.0. The molecule has 0 bridgehead atoms. The molecule has 1 aliphatic heterocycles. The topological polar surface area (TPSA) is 95.0 Å². The van der Waals surface area contributed by atoms with Gasteiger partial charge < -0.3 is 20.1 Å². The Bertz CT molecular complexity index is 1270. The van der Waals surface area contributed by atoms with Crippen molar-refractivity contribution in [2.75, 3.05) is 23.8 Å². The largest absolute Gasteiger partial charge is 0.478 e. The molecule has 0 radical (unpaired) electrons. The standard InChI is InChI=1S/C28H32N4O4/c1-18-6-8-20(9-7-18)31(5)21-10-11-22-19(14-21)17-32(27(35)36-28(2,3)4)25(22)16-30-24-15-29-13-12-23(24)26(33)34/h6-15,25,30H,16-17H2,1-5H3,(H,33,34). The summed E-state index contributed by atoms with van der Waals surface area (Å²) in [4.78, 5) is 32.6. The Morgan fingerprint density at radius 2 is 1.83 bits per heavy atom. The molecule has 1 aromatic heterocycles. The highest BCUT2D eigenvalue weighted by Crippen LogP contribution is 2.38. The van der Waals surface area contributed by atoms with Crippen LogP contribution < -0.4 is 10.2 Å². The Hall–Kier alpha value is -4.07. The maximum atomic E-state index is 13.2. The van der Waals surface area contributed by atoms with Gasteiger partial charge in [-0.25, -0.2) is 9.59 Å². The van der Waals surface area contributed by atoms with Crippen LogP contribution in [-0.2, 0) is 11.3 Å². The highest BCUT2D eigenvalue weighted by Gasteiger charge is 2.36. The maximum absolute atomic E-state index is 13.2. The van der Waals surface area contributed by atoms with Crippen molar-refractivity contribution in [2.45, 2.75) is 45.9 Å². The van der Waals surface area contributed by atoms with Crippen LogP contribution in [0.1, 0.15) is 53.9 Å². The number of ether oxygens (including phenoxy) is 1. The van der Waals surface area contributed by atoms with Crippen LogP contribution in [0.5, 0.6) is 0 Å². The number of aromatic nitrogens is 1. The second kappa shape index (κ2) is 9.89. The smallest absolute Gasteiger partial charge is 0.411 e. The van der Waals surface area contributed by atoms with E-state index in [-0.39, 0.29) is 11.6 Å². The predicted octanol–water partition coefficient (Wildman–Crippen LogP) is 5.76. The van der Waals surface area contributed by atoms with Gasteiger partial charge in [0, 0.05) is 31.2 Å². The molecular formula is C28H32N4O4. The molecule has 2 aromatic carbocycles. The third-order valence-electron chi connectivity index (χ3n) is 6.18. The molecule has 1 atom stereocenters. The van der Waals surface area contributed by atoms with E-state index < -0.39 is 17.7 Å². The highest BCUT2D eigenvalue weighted by atomic mass is 16.6. The molecule has 1 aliphatic rings. The molecule has 4 rings (SSSR count). The lowest BCUT2D eigenvalue weighted by atomic mass is 10.0. The number of pyridine rings is 1. The monoisotopic (exact) mass is 488 g/mol. The fourth-order valence-corrected chi connectivity index (χ4v) is 4.30. The van der Waals surface area contributed by atoms with Crippen molar-refractivity contribution in [3.8, 4) is 0 Å². The van der Waals surface area contributed by atoms with Crippen LogP contribution >= 0.6 is 0 Å². The number of carboxylic acids is 1. The number of fused-ring (bicyclic) bond motifs is 1. The number of carboxylic acid groups (broad SMARTS) is 1. The van der Waals surface area contributed by atoms with Crippen LogP contribution in [0, 0.1) is 6.92 Å². The fraction of sp³-hybridized carbons (Fsp3) is 0.321. The van der Waals surface area contributed by atoms with Crippen molar-refractivity contribution in [2.24, 2.45) is 0 Å². The van der Waals surface area contributed by atoms with Crippen LogP contribution in [-0.4, -0.2) is 46.2 Å². The summed E-state index contributed by atoms with van der Waals surface area (Å²) < 4.78 is 5.70. The molecule has 3 aromatic rings. The number of hydrogen-bond acceptors (Lipinski definition) is 6. The lowest BCUT2D eigenvalue weighted by Crippen LogP contribution is -2.38. The van der Waals surface area contributed by atoms with Gasteiger partial charge in [-0.05, 0) is 69.2 Å². The lowest BCUT2D eigenvalue weighted by Gasteiger charge is -2.29. The summed E-state index contributed by atoms with van der Waals surface area (Å²) >= 11 is 0. The summed E-state index contributed by atoms with van der Waals surface area (Å²) in [6, 6.07) is 15.6. The van der Waals surface area contributed by atoms with E-state index in [2.05, 4.69) is 52.5 Å². The molecule has 8 nitrogen and oxygen atoms in total. The van der Waals surface area contributed by atoms with Gasteiger partial charge in [0.2, 0.25) is 0 Å². The quantitative estimate of drug-likeness (QED) is 0.455. The summed E-state index contributed by atoms with van der Waals surface area (Å²) in [6.45, 7) is 8.28. The number of hydrogen-bond donors (Lipinski definition) is 2. The van der Waals surface area contributed by atoms with Crippen LogP contribution in [0.15, 0.2) is 60.9 Å². The molecule has 0 fully saturated rings. The molecule has 2 heterocycles. The third kappa shape index (κ3) is 5.43. The number of rotatable bonds is 6. The molecule has 0 saturated heterocycles. The zero-order valence-electron chi connectivity index (χ0n) is 21.3. The average molecular weight is 489 g/mol. The molecule has 1 unspecified atom stereocenters. The first-order valence-corrected chi connectivity index (χ1v) is 11.9. The Kier molecular flexibility index (Phi) is 6.88. The minimum atomic E-state index is -1.04. The van der Waals surface area contributed by atoms with Gasteiger partial charge in [0.1, 0.15) is 5.60 Å². The molecule has 8 heteroatoms. The lowest BCUT2D eigenvalue weighted by molar-refractivity contribution is 0.0182. The molecule has 2 N–H and O–H groups in total. The van der Waals surface area contributed by atoms with Gasteiger partial charge in [-0.2, -0.15) is 0 Å². The zero-order valence-corrected chi connectivity index (χ0v) is 21.3. The number of carbonyl (C=O) groups excluding carboxylic acids is 1. The van der Waals surface area contributed by atoms with Crippen LogP contribution in [0.3, 0.4) is 0 Å². The average Bonchev–Trinajstić information content (AvgIpc) is 3.20. The molecular weight excluding hydrogens is 456 g/mol. The first-order valence-electron chi connectivity index (χ1n) is 11.9. The van der Waals surface area contributed by atoms with Gasteiger partial charge >= 0.3 is 12.1 Å².